The van der Waals surface area contributed by atoms with E-state index < -0.39 is 6.04 Å². The van der Waals surface area contributed by atoms with Gasteiger partial charge in [0.2, 0.25) is 5.95 Å². The number of allylic oxidation sites excluding steroid dienone is 1. The van der Waals surface area contributed by atoms with Crippen LogP contribution in [0.25, 0.3) is 0 Å². The van der Waals surface area contributed by atoms with E-state index >= 15 is 0 Å². The van der Waals surface area contributed by atoms with Crippen molar-refractivity contribution in [1.82, 2.24) is 14.8 Å². The number of amides is 1. The van der Waals surface area contributed by atoms with Gasteiger partial charge in [-0.15, -0.1) is 0 Å². The molecular weight excluding hydrogens is 489 g/mol. The van der Waals surface area contributed by atoms with Crippen molar-refractivity contribution in [1.29, 1.82) is 0 Å². The highest BCUT2D eigenvalue weighted by Gasteiger charge is 2.34. The third kappa shape index (κ3) is 4.75. The van der Waals surface area contributed by atoms with Crippen molar-refractivity contribution in [2.75, 3.05) is 24.9 Å². The SMILES string of the molecule is COc1ccccc1NC(=O)C1=C(C)Nc2ncnn2C1c1ccc(OCc2ccccc2F)c(OC)c1. The van der Waals surface area contributed by atoms with Gasteiger partial charge in [-0.2, -0.15) is 10.1 Å². The van der Waals surface area contributed by atoms with Crippen LogP contribution in [-0.2, 0) is 11.4 Å². The maximum absolute atomic E-state index is 14.1. The lowest BCUT2D eigenvalue weighted by Crippen LogP contribution is -2.31. The molecule has 0 spiro atoms. The Labute approximate surface area is 218 Å². The smallest absolute Gasteiger partial charge is 0.255 e. The molecular formula is C28H26FN5O4. The van der Waals surface area contributed by atoms with Crippen LogP contribution in [0.3, 0.4) is 0 Å². The fraction of sp³-hybridized carbons (Fsp3) is 0.179. The highest BCUT2D eigenvalue weighted by molar-refractivity contribution is 6.06. The first-order valence-electron chi connectivity index (χ1n) is 11.9. The maximum atomic E-state index is 14.1. The molecule has 1 aliphatic rings. The van der Waals surface area contributed by atoms with Gasteiger partial charge in [-0.1, -0.05) is 36.4 Å². The minimum Gasteiger partial charge on any atom is -0.495 e. The number of hydrogen-bond donors (Lipinski definition) is 2. The summed E-state index contributed by atoms with van der Waals surface area (Å²) in [5, 5.41) is 10.5. The molecule has 38 heavy (non-hydrogen) atoms. The number of ether oxygens (including phenoxy) is 3. The van der Waals surface area contributed by atoms with E-state index in [1.54, 1.807) is 54.3 Å². The fourth-order valence-electron chi connectivity index (χ4n) is 4.38. The number of aromatic nitrogens is 3. The van der Waals surface area contributed by atoms with Gasteiger partial charge in [-0.25, -0.2) is 9.07 Å². The van der Waals surface area contributed by atoms with E-state index in [-0.39, 0.29) is 18.3 Å². The molecule has 9 nitrogen and oxygen atoms in total. The average molecular weight is 516 g/mol. The van der Waals surface area contributed by atoms with Crippen LogP contribution < -0.4 is 24.8 Å². The molecule has 1 amide bonds. The summed E-state index contributed by atoms with van der Waals surface area (Å²) in [7, 11) is 3.07. The number of methoxy groups -OCH3 is 2. The number of carbonyl (C=O) groups excluding carboxylic acids is 1. The topological polar surface area (TPSA) is 99.5 Å². The third-order valence-electron chi connectivity index (χ3n) is 6.24. The van der Waals surface area contributed by atoms with Crippen molar-refractivity contribution in [2.45, 2.75) is 19.6 Å². The van der Waals surface area contributed by atoms with Gasteiger partial charge >= 0.3 is 0 Å². The summed E-state index contributed by atoms with van der Waals surface area (Å²) in [6.07, 6.45) is 1.42. The van der Waals surface area contributed by atoms with Crippen LogP contribution in [0, 0.1) is 5.82 Å². The van der Waals surface area contributed by atoms with Crippen LogP contribution in [0.4, 0.5) is 16.0 Å². The van der Waals surface area contributed by atoms with Crippen molar-refractivity contribution in [3.8, 4) is 17.2 Å². The molecule has 1 aliphatic heterocycles. The Kier molecular flexibility index (Phi) is 6.94. The second-order valence-electron chi connectivity index (χ2n) is 8.54. The average Bonchev–Trinajstić information content (AvgIpc) is 3.40. The van der Waals surface area contributed by atoms with E-state index in [1.165, 1.54) is 19.5 Å². The summed E-state index contributed by atoms with van der Waals surface area (Å²) in [5.74, 6) is 1.24. The summed E-state index contributed by atoms with van der Waals surface area (Å²) in [6, 6.07) is 18.3. The number of hydrogen-bond acceptors (Lipinski definition) is 7. The quantitative estimate of drug-likeness (QED) is 0.343. The molecule has 0 aliphatic carbocycles. The van der Waals surface area contributed by atoms with Crippen LogP contribution in [0.5, 0.6) is 17.2 Å². The van der Waals surface area contributed by atoms with Crippen molar-refractivity contribution in [3.63, 3.8) is 0 Å². The Bertz CT molecular complexity index is 1520. The van der Waals surface area contributed by atoms with Crippen molar-refractivity contribution >= 4 is 17.5 Å². The number of nitrogens with one attached hydrogen (secondary N) is 2. The predicted octanol–water partition coefficient (Wildman–Crippen LogP) is 4.94. The van der Waals surface area contributed by atoms with Crippen LogP contribution in [0.1, 0.15) is 24.1 Å². The first-order chi connectivity index (χ1) is 18.5. The Balaban J connectivity index is 1.49. The standard InChI is InChI=1S/C28H26FN5O4/c1-17-25(27(35)33-21-10-6-7-11-22(21)36-2)26(34-28(32-17)30-16-31-34)18-12-13-23(24(14-18)37-3)38-15-19-8-4-5-9-20(19)29/h4-14,16,26H,15H2,1-3H3,(H,33,35)(H,30,31,32). The molecule has 194 valence electrons. The van der Waals surface area contributed by atoms with Crippen molar-refractivity contribution in [3.05, 3.63) is 101 Å². The fourth-order valence-corrected chi connectivity index (χ4v) is 4.38. The lowest BCUT2D eigenvalue weighted by Gasteiger charge is -2.29. The Morgan fingerprint density at radius 3 is 2.58 bits per heavy atom. The van der Waals surface area contributed by atoms with Gasteiger partial charge in [0.15, 0.2) is 11.5 Å². The van der Waals surface area contributed by atoms with Gasteiger partial charge in [-0.3, -0.25) is 4.79 Å². The lowest BCUT2D eigenvalue weighted by molar-refractivity contribution is -0.113. The third-order valence-corrected chi connectivity index (χ3v) is 6.24. The number of fused-ring (bicyclic) bond motifs is 1. The summed E-state index contributed by atoms with van der Waals surface area (Å²) < 4.78 is 32.6. The Morgan fingerprint density at radius 2 is 1.79 bits per heavy atom. The molecule has 1 unspecified atom stereocenters. The molecule has 3 aromatic carbocycles. The summed E-state index contributed by atoms with van der Waals surface area (Å²) in [5.41, 5.74) is 2.76. The number of benzene rings is 3. The van der Waals surface area contributed by atoms with Gasteiger partial charge in [-0.05, 0) is 42.8 Å². The zero-order valence-corrected chi connectivity index (χ0v) is 21.1. The molecule has 4 aromatic rings. The van der Waals surface area contributed by atoms with Crippen LogP contribution in [0.15, 0.2) is 84.3 Å². The first-order valence-corrected chi connectivity index (χ1v) is 11.9. The normalized spacial score (nSPS) is 14.4. The van der Waals surface area contributed by atoms with Crippen molar-refractivity contribution in [2.24, 2.45) is 0 Å². The summed E-state index contributed by atoms with van der Waals surface area (Å²) in [6.45, 7) is 1.85. The zero-order chi connectivity index (χ0) is 26.6. The van der Waals surface area contributed by atoms with Gasteiger partial charge in [0, 0.05) is 11.3 Å². The van der Waals surface area contributed by atoms with Gasteiger partial charge in [0.25, 0.3) is 5.91 Å². The molecule has 2 N–H and O–H groups in total. The molecule has 0 saturated carbocycles. The van der Waals surface area contributed by atoms with Gasteiger partial charge in [0.05, 0.1) is 25.5 Å². The van der Waals surface area contributed by atoms with Crippen LogP contribution in [0.2, 0.25) is 0 Å². The predicted molar refractivity (Wildman–Crippen MR) is 140 cm³/mol. The van der Waals surface area contributed by atoms with E-state index in [0.717, 1.165) is 5.56 Å². The number of anilines is 2. The summed E-state index contributed by atoms with van der Waals surface area (Å²) in [4.78, 5) is 17.9. The monoisotopic (exact) mass is 515 g/mol. The molecule has 10 heteroatoms. The maximum Gasteiger partial charge on any atom is 0.255 e. The Morgan fingerprint density at radius 1 is 1.03 bits per heavy atom. The minimum absolute atomic E-state index is 0.0362. The molecule has 0 fully saturated rings. The number of rotatable bonds is 8. The zero-order valence-electron chi connectivity index (χ0n) is 21.1. The van der Waals surface area contributed by atoms with E-state index in [9.17, 15) is 9.18 Å². The molecule has 2 heterocycles. The van der Waals surface area contributed by atoms with Crippen LogP contribution in [-0.4, -0.2) is 34.9 Å². The van der Waals surface area contributed by atoms with Gasteiger partial charge < -0.3 is 24.8 Å². The molecule has 5 rings (SSSR count). The minimum atomic E-state index is -0.613. The molecule has 0 saturated heterocycles. The highest BCUT2D eigenvalue weighted by atomic mass is 19.1. The summed E-state index contributed by atoms with van der Waals surface area (Å²) >= 11 is 0. The molecule has 1 aromatic heterocycles. The number of para-hydroxylation sites is 2. The van der Waals surface area contributed by atoms with E-state index in [4.69, 9.17) is 14.2 Å². The van der Waals surface area contributed by atoms with Crippen LogP contribution >= 0.6 is 0 Å². The second kappa shape index (κ2) is 10.6. The number of carbonyl (C=O) groups is 1. The number of halogens is 1. The molecule has 0 bridgehead atoms. The largest absolute Gasteiger partial charge is 0.495 e. The van der Waals surface area contributed by atoms with Crippen molar-refractivity contribution < 1.29 is 23.4 Å². The highest BCUT2D eigenvalue weighted by Crippen LogP contribution is 2.39. The number of nitrogens with zero attached hydrogens (tertiary/aromatic N) is 3. The second-order valence-corrected chi connectivity index (χ2v) is 8.54. The van der Waals surface area contributed by atoms with E-state index in [1.807, 2.05) is 25.1 Å². The lowest BCUT2D eigenvalue weighted by atomic mass is 9.94. The molecule has 0 radical (unpaired) electrons. The Hall–Kier alpha value is -4.86. The first kappa shape index (κ1) is 24.8. The van der Waals surface area contributed by atoms with E-state index in [0.29, 0.717) is 45.7 Å². The van der Waals surface area contributed by atoms with E-state index in [2.05, 4.69) is 20.7 Å². The molecule has 1 atom stereocenters. The van der Waals surface area contributed by atoms with Gasteiger partial charge in [0.1, 0.15) is 30.5 Å².